The zero-order valence-electron chi connectivity index (χ0n) is 16.0. The number of carbonyl (C=O) groups excluding carboxylic acids is 2. The smallest absolute Gasteiger partial charge is 0.295 e. The fourth-order valence-corrected chi connectivity index (χ4v) is 4.49. The lowest BCUT2D eigenvalue weighted by atomic mass is 10.1. The molecule has 0 aliphatic heterocycles. The van der Waals surface area contributed by atoms with Gasteiger partial charge in [0.05, 0.1) is 16.0 Å². The van der Waals surface area contributed by atoms with Crippen LogP contribution in [0.3, 0.4) is 0 Å². The van der Waals surface area contributed by atoms with Crippen LogP contribution in [-0.4, -0.2) is 42.1 Å². The molecule has 0 bridgehead atoms. The van der Waals surface area contributed by atoms with Gasteiger partial charge in [0.15, 0.2) is 0 Å². The lowest BCUT2D eigenvalue weighted by Gasteiger charge is -2.17. The average molecular weight is 398 g/mol. The van der Waals surface area contributed by atoms with Crippen LogP contribution >= 0.6 is 0 Å². The number of rotatable bonds is 6. The highest BCUT2D eigenvalue weighted by Gasteiger charge is 2.28. The Bertz CT molecular complexity index is 1140. The van der Waals surface area contributed by atoms with Crippen molar-refractivity contribution >= 4 is 32.6 Å². The number of aromatic nitrogens is 1. The minimum absolute atomic E-state index is 0.0863. The summed E-state index contributed by atoms with van der Waals surface area (Å²) in [6, 6.07) is 13.2. The monoisotopic (exact) mass is 398 g/mol. The van der Waals surface area contributed by atoms with E-state index < -0.39 is 21.7 Å². The maximum atomic E-state index is 13.2. The maximum Gasteiger partial charge on any atom is 0.295 e. The minimum atomic E-state index is -3.91. The third-order valence-corrected chi connectivity index (χ3v) is 6.43. The third kappa shape index (κ3) is 3.33. The van der Waals surface area contributed by atoms with Gasteiger partial charge >= 0.3 is 0 Å². The van der Waals surface area contributed by atoms with Gasteiger partial charge in [0.1, 0.15) is 0 Å². The predicted molar refractivity (Wildman–Crippen MR) is 108 cm³/mol. The van der Waals surface area contributed by atoms with Crippen molar-refractivity contribution in [1.29, 1.82) is 0 Å². The van der Waals surface area contributed by atoms with E-state index in [2.05, 4.69) is 0 Å². The van der Waals surface area contributed by atoms with Crippen molar-refractivity contribution in [3.63, 3.8) is 0 Å². The number of Topliss-reactive ketones (excluding diaryl/α,β-unsaturated/α-hetero) is 1. The third-order valence-electron chi connectivity index (χ3n) is 4.75. The molecule has 0 saturated heterocycles. The molecule has 2 aromatic carbocycles. The molecule has 1 aromatic heterocycles. The van der Waals surface area contributed by atoms with Gasteiger partial charge in [0.2, 0.25) is 0 Å². The van der Waals surface area contributed by atoms with E-state index in [1.54, 1.807) is 50.2 Å². The van der Waals surface area contributed by atoms with Crippen molar-refractivity contribution < 1.29 is 18.0 Å². The Morgan fingerprint density at radius 3 is 2.18 bits per heavy atom. The number of aryl methyl sites for hydroxylation is 1. The number of para-hydroxylation sites is 1. The molecule has 146 valence electrons. The van der Waals surface area contributed by atoms with Crippen molar-refractivity contribution in [3.05, 3.63) is 65.9 Å². The van der Waals surface area contributed by atoms with Crippen molar-refractivity contribution in [3.8, 4) is 0 Å². The minimum Gasteiger partial charge on any atom is -0.336 e. The molecule has 3 rings (SSSR count). The van der Waals surface area contributed by atoms with Gasteiger partial charge in [-0.25, -0.2) is 12.4 Å². The summed E-state index contributed by atoms with van der Waals surface area (Å²) in [6.07, 6.45) is 1.25. The van der Waals surface area contributed by atoms with E-state index in [9.17, 15) is 18.0 Å². The Balaban J connectivity index is 2.18. The number of ketones is 1. The van der Waals surface area contributed by atoms with Gasteiger partial charge in [-0.15, -0.1) is 0 Å². The molecule has 0 radical (unpaired) electrons. The van der Waals surface area contributed by atoms with E-state index in [1.807, 2.05) is 6.92 Å². The van der Waals surface area contributed by atoms with Gasteiger partial charge < -0.3 is 4.90 Å². The fraction of sp³-hybridized carbons (Fsp3) is 0.238. The first-order valence-electron chi connectivity index (χ1n) is 9.07. The topological polar surface area (TPSA) is 76.5 Å². The van der Waals surface area contributed by atoms with Crippen molar-refractivity contribution in [1.82, 2.24) is 8.87 Å². The highest BCUT2D eigenvalue weighted by molar-refractivity contribution is 7.90. The first-order valence-corrected chi connectivity index (χ1v) is 10.5. The van der Waals surface area contributed by atoms with Gasteiger partial charge in [0, 0.05) is 24.7 Å². The number of carbonyl (C=O) groups is 2. The molecule has 7 heteroatoms. The predicted octanol–water partition coefficient (Wildman–Crippen LogP) is 3.24. The zero-order valence-corrected chi connectivity index (χ0v) is 16.9. The van der Waals surface area contributed by atoms with Crippen LogP contribution in [0, 0.1) is 6.92 Å². The van der Waals surface area contributed by atoms with Crippen molar-refractivity contribution in [2.45, 2.75) is 25.7 Å². The van der Waals surface area contributed by atoms with E-state index in [0.717, 1.165) is 9.54 Å². The zero-order chi connectivity index (χ0) is 20.5. The summed E-state index contributed by atoms with van der Waals surface area (Å²) >= 11 is 0. The molecule has 0 N–H and O–H groups in total. The van der Waals surface area contributed by atoms with E-state index in [-0.39, 0.29) is 10.5 Å². The fourth-order valence-electron chi connectivity index (χ4n) is 3.12. The van der Waals surface area contributed by atoms with Crippen LogP contribution in [0.15, 0.2) is 59.6 Å². The molecule has 0 fully saturated rings. The number of hydrogen-bond acceptors (Lipinski definition) is 4. The summed E-state index contributed by atoms with van der Waals surface area (Å²) in [4.78, 5) is 26.9. The quantitative estimate of drug-likeness (QED) is 0.472. The Labute approximate surface area is 164 Å². The molecule has 1 amide bonds. The van der Waals surface area contributed by atoms with Crippen LogP contribution < -0.4 is 0 Å². The first kappa shape index (κ1) is 19.8. The number of hydrogen-bond donors (Lipinski definition) is 0. The maximum absolute atomic E-state index is 13.2. The standard InChI is InChI=1S/C21H22N2O4S/c1-4-22(5-2)21(25)20(24)18-14-23(19-9-7-6-8-17(18)19)28(26,27)16-12-10-15(3)11-13-16/h6-14H,4-5H2,1-3H3. The largest absolute Gasteiger partial charge is 0.336 e. The Hall–Kier alpha value is -2.93. The summed E-state index contributed by atoms with van der Waals surface area (Å²) < 4.78 is 27.4. The summed E-state index contributed by atoms with van der Waals surface area (Å²) in [5, 5.41) is 0.434. The summed E-state index contributed by atoms with van der Waals surface area (Å²) in [6.45, 7) is 6.26. The first-order chi connectivity index (χ1) is 13.3. The van der Waals surface area contributed by atoms with Gasteiger partial charge in [-0.3, -0.25) is 9.59 Å². The molecule has 1 heterocycles. The van der Waals surface area contributed by atoms with E-state index >= 15 is 0 Å². The van der Waals surface area contributed by atoms with Crippen molar-refractivity contribution in [2.75, 3.05) is 13.1 Å². The number of nitrogens with zero attached hydrogens (tertiary/aromatic N) is 2. The van der Waals surface area contributed by atoms with Crippen molar-refractivity contribution in [2.24, 2.45) is 0 Å². The molecule has 0 aliphatic carbocycles. The summed E-state index contributed by atoms with van der Waals surface area (Å²) in [5.41, 5.74) is 1.39. The molecule has 0 unspecified atom stereocenters. The molecule has 0 aliphatic rings. The lowest BCUT2D eigenvalue weighted by molar-refractivity contribution is -0.126. The number of fused-ring (bicyclic) bond motifs is 1. The number of benzene rings is 2. The number of amides is 1. The van der Waals surface area contributed by atoms with Gasteiger partial charge in [0.25, 0.3) is 21.7 Å². The summed E-state index contributed by atoms with van der Waals surface area (Å²) in [5.74, 6) is -1.35. The van der Waals surface area contributed by atoms with Crippen LogP contribution in [0.2, 0.25) is 0 Å². The van der Waals surface area contributed by atoms with Gasteiger partial charge in [-0.2, -0.15) is 0 Å². The average Bonchev–Trinajstić information content (AvgIpc) is 3.09. The Morgan fingerprint density at radius 2 is 1.57 bits per heavy atom. The molecule has 0 spiro atoms. The SMILES string of the molecule is CCN(CC)C(=O)C(=O)c1cn(S(=O)(=O)c2ccc(C)cc2)c2ccccc12. The second-order valence-electron chi connectivity index (χ2n) is 6.48. The van der Waals surface area contributed by atoms with Gasteiger partial charge in [-0.05, 0) is 39.0 Å². The van der Waals surface area contributed by atoms with Crippen LogP contribution in [-0.2, 0) is 14.8 Å². The second-order valence-corrected chi connectivity index (χ2v) is 8.30. The van der Waals surface area contributed by atoms with Crippen LogP contribution in [0.5, 0.6) is 0 Å². The highest BCUT2D eigenvalue weighted by atomic mass is 32.2. The highest BCUT2D eigenvalue weighted by Crippen LogP contribution is 2.27. The molecule has 28 heavy (non-hydrogen) atoms. The summed E-state index contributed by atoms with van der Waals surface area (Å²) in [7, 11) is -3.91. The van der Waals surface area contributed by atoms with Crippen LogP contribution in [0.4, 0.5) is 0 Å². The molecule has 0 atom stereocenters. The van der Waals surface area contributed by atoms with Crippen LogP contribution in [0.25, 0.3) is 10.9 Å². The lowest BCUT2D eigenvalue weighted by Crippen LogP contribution is -2.36. The van der Waals surface area contributed by atoms with Crippen LogP contribution in [0.1, 0.15) is 29.8 Å². The molecule has 3 aromatic rings. The van der Waals surface area contributed by atoms with Gasteiger partial charge in [-0.1, -0.05) is 35.9 Å². The van der Waals surface area contributed by atoms with E-state index in [4.69, 9.17) is 0 Å². The van der Waals surface area contributed by atoms with E-state index in [1.165, 1.54) is 23.2 Å². The molecular formula is C21H22N2O4S. The molecule has 6 nitrogen and oxygen atoms in total. The van der Waals surface area contributed by atoms with E-state index in [0.29, 0.717) is 24.0 Å². The number of likely N-dealkylation sites (N-methyl/N-ethyl adjacent to an activating group) is 1. The normalized spacial score (nSPS) is 11.5. The molecule has 0 saturated carbocycles. The Morgan fingerprint density at radius 1 is 0.964 bits per heavy atom. The Kier molecular flexibility index (Phi) is 5.38. The second kappa shape index (κ2) is 7.59. The molecular weight excluding hydrogens is 376 g/mol.